The molecule has 0 amide bonds. The third kappa shape index (κ3) is 5.39. The molecule has 0 radical (unpaired) electrons. The Morgan fingerprint density at radius 2 is 1.83 bits per heavy atom. The van der Waals surface area contributed by atoms with Crippen molar-refractivity contribution >= 4 is 16.7 Å². The second-order valence-corrected chi connectivity index (χ2v) is 9.05. The first kappa shape index (κ1) is 25.3. The molecule has 1 heterocycles. The number of carboxylic acid groups (broad SMARTS) is 1. The Hall–Kier alpha value is -3.77. The molecule has 0 fully saturated rings. The third-order valence-corrected chi connectivity index (χ3v) is 6.59. The Kier molecular flexibility index (Phi) is 7.65. The molecule has 36 heavy (non-hydrogen) atoms. The predicted molar refractivity (Wildman–Crippen MR) is 138 cm³/mol. The number of aliphatic carboxylic acids is 1. The molecule has 3 atom stereocenters. The number of rotatable bonds is 8. The van der Waals surface area contributed by atoms with E-state index in [2.05, 4.69) is 43.1 Å². The summed E-state index contributed by atoms with van der Waals surface area (Å²) in [6.45, 7) is 7.56. The van der Waals surface area contributed by atoms with E-state index in [0.29, 0.717) is 24.3 Å². The fourth-order valence-corrected chi connectivity index (χ4v) is 4.77. The average molecular weight is 490 g/mol. The quantitative estimate of drug-likeness (QED) is 0.260. The molecule has 0 spiro atoms. The number of carboxylic acids is 1. The zero-order valence-electron chi connectivity index (χ0n) is 20.3. The summed E-state index contributed by atoms with van der Waals surface area (Å²) in [5.41, 5.74) is 1.39. The molecule has 3 aromatic carbocycles. The van der Waals surface area contributed by atoms with Crippen molar-refractivity contribution < 1.29 is 23.4 Å². The summed E-state index contributed by atoms with van der Waals surface area (Å²) in [7, 11) is 0. The maximum atomic E-state index is 14.7. The van der Waals surface area contributed by atoms with E-state index in [4.69, 9.17) is 4.74 Å². The van der Waals surface area contributed by atoms with Crippen molar-refractivity contribution in [2.45, 2.75) is 38.3 Å². The van der Waals surface area contributed by atoms with Crippen molar-refractivity contribution in [3.8, 4) is 5.75 Å². The second-order valence-electron chi connectivity index (χ2n) is 9.05. The summed E-state index contributed by atoms with van der Waals surface area (Å²) in [4.78, 5) is 11.3. The Bertz CT molecular complexity index is 1350. The standard InChI is InChI=1S/C30H29F2NO3/c1-18(15-27(32)29(19(2)31)30(34)35)26-16-22(36-28-14-7-6-12-25(26)28)17-33-20(3)23-13-8-10-21-9-4-5-11-24(21)23/h4-15,20,22,26,33H,1,16-17H2,2-3H3,(H,34,35)/b27-15+,29-19-/t20-,22-,26+/m1/s1. The van der Waals surface area contributed by atoms with Crippen molar-refractivity contribution in [3.05, 3.63) is 113 Å². The average Bonchev–Trinajstić information content (AvgIpc) is 2.85. The lowest BCUT2D eigenvalue weighted by molar-refractivity contribution is -0.132. The van der Waals surface area contributed by atoms with Gasteiger partial charge in [-0.1, -0.05) is 67.2 Å². The molecule has 3 aromatic rings. The van der Waals surface area contributed by atoms with E-state index in [1.165, 1.54) is 16.3 Å². The van der Waals surface area contributed by atoms with Crippen molar-refractivity contribution in [2.24, 2.45) is 0 Å². The zero-order chi connectivity index (χ0) is 25.8. The fourth-order valence-electron chi connectivity index (χ4n) is 4.77. The molecule has 4 nitrogen and oxygen atoms in total. The van der Waals surface area contributed by atoms with Gasteiger partial charge in [0.15, 0.2) is 0 Å². The number of fused-ring (bicyclic) bond motifs is 2. The molecule has 0 aliphatic carbocycles. The number of hydrogen-bond donors (Lipinski definition) is 2. The van der Waals surface area contributed by atoms with Gasteiger partial charge in [0.1, 0.15) is 29.1 Å². The van der Waals surface area contributed by atoms with E-state index >= 15 is 0 Å². The van der Waals surface area contributed by atoms with Crippen molar-refractivity contribution in [1.82, 2.24) is 5.32 Å². The van der Waals surface area contributed by atoms with Crippen LogP contribution in [0.2, 0.25) is 0 Å². The van der Waals surface area contributed by atoms with E-state index < -0.39 is 23.2 Å². The molecule has 1 aliphatic rings. The van der Waals surface area contributed by atoms with Gasteiger partial charge in [0, 0.05) is 24.1 Å². The highest BCUT2D eigenvalue weighted by Crippen LogP contribution is 2.41. The minimum Gasteiger partial charge on any atom is -0.489 e. The normalized spacial score (nSPS) is 19.2. The highest BCUT2D eigenvalue weighted by atomic mass is 19.1. The molecule has 0 saturated heterocycles. The maximum absolute atomic E-state index is 14.7. The summed E-state index contributed by atoms with van der Waals surface area (Å²) in [5, 5.41) is 15.1. The molecule has 4 rings (SSSR count). The molecule has 0 unspecified atom stereocenters. The SMILES string of the molecule is C=C(/C=C(F)\C(C(=O)O)=C(/C)F)[C@@H]1C[C@H](CN[C@H](C)c2cccc3ccccc23)Oc2ccccc21. The molecule has 6 heteroatoms. The predicted octanol–water partition coefficient (Wildman–Crippen LogP) is 7.16. The first-order chi connectivity index (χ1) is 17.3. The summed E-state index contributed by atoms with van der Waals surface area (Å²) >= 11 is 0. The van der Waals surface area contributed by atoms with Crippen LogP contribution < -0.4 is 10.1 Å². The van der Waals surface area contributed by atoms with Crippen LogP contribution in [0.15, 0.2) is 102 Å². The van der Waals surface area contributed by atoms with Crippen molar-refractivity contribution in [1.29, 1.82) is 0 Å². The van der Waals surface area contributed by atoms with Gasteiger partial charge < -0.3 is 15.2 Å². The molecule has 0 aromatic heterocycles. The van der Waals surface area contributed by atoms with Gasteiger partial charge in [-0.25, -0.2) is 13.6 Å². The summed E-state index contributed by atoms with van der Waals surface area (Å²) in [6, 6.07) is 22.0. The Morgan fingerprint density at radius 1 is 1.14 bits per heavy atom. The number of ether oxygens (including phenoxy) is 1. The lowest BCUT2D eigenvalue weighted by atomic mass is 9.84. The first-order valence-corrected chi connectivity index (χ1v) is 11.9. The van der Waals surface area contributed by atoms with Crippen LogP contribution in [0.4, 0.5) is 8.78 Å². The minimum absolute atomic E-state index is 0.0617. The minimum atomic E-state index is -1.66. The Labute approximate surface area is 209 Å². The summed E-state index contributed by atoms with van der Waals surface area (Å²) in [6.07, 6.45) is 1.30. The van der Waals surface area contributed by atoms with Gasteiger partial charge >= 0.3 is 5.97 Å². The van der Waals surface area contributed by atoms with Gasteiger partial charge in [-0.2, -0.15) is 0 Å². The summed E-state index contributed by atoms with van der Waals surface area (Å²) in [5.74, 6) is -3.55. The lowest BCUT2D eigenvalue weighted by Gasteiger charge is -2.33. The number of allylic oxidation sites excluding steroid dienone is 3. The molecular formula is C30H29F2NO3. The Morgan fingerprint density at radius 3 is 2.58 bits per heavy atom. The maximum Gasteiger partial charge on any atom is 0.341 e. The van der Waals surface area contributed by atoms with Crippen molar-refractivity contribution in [3.63, 3.8) is 0 Å². The zero-order valence-corrected chi connectivity index (χ0v) is 20.3. The number of hydrogen-bond acceptors (Lipinski definition) is 3. The van der Waals surface area contributed by atoms with Crippen LogP contribution in [-0.4, -0.2) is 23.7 Å². The lowest BCUT2D eigenvalue weighted by Crippen LogP contribution is -2.37. The van der Waals surface area contributed by atoms with E-state index in [1.54, 1.807) is 0 Å². The van der Waals surface area contributed by atoms with Crippen LogP contribution in [0.1, 0.15) is 43.4 Å². The number of nitrogens with one attached hydrogen (secondary N) is 1. The van der Waals surface area contributed by atoms with Crippen LogP contribution in [-0.2, 0) is 4.79 Å². The third-order valence-electron chi connectivity index (χ3n) is 6.59. The van der Waals surface area contributed by atoms with Gasteiger partial charge in [0.2, 0.25) is 0 Å². The van der Waals surface area contributed by atoms with Crippen LogP contribution in [0.5, 0.6) is 5.75 Å². The van der Waals surface area contributed by atoms with Gasteiger partial charge in [-0.3, -0.25) is 0 Å². The molecule has 186 valence electrons. The fraction of sp³-hybridized carbons (Fsp3) is 0.233. The monoisotopic (exact) mass is 489 g/mol. The largest absolute Gasteiger partial charge is 0.489 e. The van der Waals surface area contributed by atoms with Gasteiger partial charge in [0.05, 0.1) is 0 Å². The van der Waals surface area contributed by atoms with Crippen LogP contribution in [0.25, 0.3) is 10.8 Å². The van der Waals surface area contributed by atoms with Gasteiger partial charge in [-0.15, -0.1) is 0 Å². The molecule has 0 bridgehead atoms. The van der Waals surface area contributed by atoms with E-state index in [1.807, 2.05) is 42.5 Å². The smallest absolute Gasteiger partial charge is 0.341 e. The number of halogens is 2. The van der Waals surface area contributed by atoms with Crippen LogP contribution in [0.3, 0.4) is 0 Å². The van der Waals surface area contributed by atoms with E-state index in [-0.39, 0.29) is 18.1 Å². The molecule has 1 aliphatic heterocycles. The highest BCUT2D eigenvalue weighted by molar-refractivity contribution is 5.91. The molecule has 2 N–H and O–H groups in total. The van der Waals surface area contributed by atoms with E-state index in [9.17, 15) is 18.7 Å². The van der Waals surface area contributed by atoms with Gasteiger partial charge in [-0.05, 0) is 54.3 Å². The topological polar surface area (TPSA) is 58.6 Å². The number of carbonyl (C=O) groups is 1. The number of benzene rings is 3. The van der Waals surface area contributed by atoms with E-state index in [0.717, 1.165) is 18.6 Å². The Balaban J connectivity index is 1.54. The first-order valence-electron chi connectivity index (χ1n) is 11.9. The second kappa shape index (κ2) is 10.9. The molecule has 0 saturated carbocycles. The highest BCUT2D eigenvalue weighted by Gasteiger charge is 2.30. The van der Waals surface area contributed by atoms with Gasteiger partial charge in [0.25, 0.3) is 0 Å². The number of para-hydroxylation sites is 1. The van der Waals surface area contributed by atoms with Crippen LogP contribution >= 0.6 is 0 Å². The van der Waals surface area contributed by atoms with Crippen LogP contribution in [0, 0.1) is 0 Å². The summed E-state index contributed by atoms with van der Waals surface area (Å²) < 4.78 is 34.6. The molecular weight excluding hydrogens is 460 g/mol. The van der Waals surface area contributed by atoms with Crippen molar-refractivity contribution in [2.75, 3.05) is 6.54 Å².